The van der Waals surface area contributed by atoms with Crippen LogP contribution in [-0.4, -0.2) is 84.6 Å². The van der Waals surface area contributed by atoms with E-state index in [0.717, 1.165) is 122 Å². The van der Waals surface area contributed by atoms with Crippen LogP contribution in [-0.2, 0) is 49.2 Å². The molecule has 2 fully saturated rings. The summed E-state index contributed by atoms with van der Waals surface area (Å²) in [7, 11) is 1.00. The van der Waals surface area contributed by atoms with Gasteiger partial charge in [-0.25, -0.2) is 0 Å². The average molecular weight is 1070 g/mol. The highest BCUT2D eigenvalue weighted by atomic mass is 35.5. The van der Waals surface area contributed by atoms with Gasteiger partial charge in [-0.2, -0.15) is 26.3 Å². The summed E-state index contributed by atoms with van der Waals surface area (Å²) in [6.07, 6.45) is -0.503. The fraction of sp³-hybridized carbons (Fsp3) is 0.390. The highest BCUT2D eigenvalue weighted by molar-refractivity contribution is 5.85. The Bertz CT molecular complexity index is 2410. The Morgan fingerprint density at radius 3 is 0.905 bits per heavy atom. The Labute approximate surface area is 444 Å². The largest absolute Gasteiger partial charge is 0.416 e. The zero-order valence-electron chi connectivity index (χ0n) is 41.8. The van der Waals surface area contributed by atoms with Crippen LogP contribution < -0.4 is 9.80 Å². The number of fused-ring (bicyclic) bond motifs is 4. The molecule has 3 N–H and O–H groups in total. The highest BCUT2D eigenvalue weighted by Crippen LogP contribution is 2.40. The third kappa shape index (κ3) is 13.8. The van der Waals surface area contributed by atoms with E-state index in [4.69, 9.17) is 5.11 Å². The van der Waals surface area contributed by atoms with Gasteiger partial charge in [0, 0.05) is 69.1 Å². The van der Waals surface area contributed by atoms with Gasteiger partial charge in [-0.15, -0.1) is 24.8 Å². The van der Waals surface area contributed by atoms with Crippen molar-refractivity contribution in [3.8, 4) is 0 Å². The normalized spacial score (nSPS) is 17.1. The van der Waals surface area contributed by atoms with Gasteiger partial charge in [0.2, 0.25) is 0 Å². The summed E-state index contributed by atoms with van der Waals surface area (Å²) in [5.41, 5.74) is 8.30. The SMILES string of the molecule is CO.Cl.Cl.OC1(c2ccc(C(F)(F)F)cc2)CCN(CCCN2c3ccccc3CCc3ccccc32)CC1.OC1(c2ccc(C(F)(F)F)cc2)CCN(CCCN2c3ccccc3CCc3ccccc32)CC1. The Morgan fingerprint density at radius 2 is 0.649 bits per heavy atom. The van der Waals surface area contributed by atoms with Crippen LogP contribution in [0.1, 0.15) is 83.0 Å². The van der Waals surface area contributed by atoms with E-state index in [0.29, 0.717) is 36.8 Å². The van der Waals surface area contributed by atoms with Gasteiger partial charge in [-0.3, -0.25) is 0 Å². The predicted octanol–water partition coefficient (Wildman–Crippen LogP) is 13.1. The number of halogens is 8. The van der Waals surface area contributed by atoms with E-state index in [-0.39, 0.29) is 24.8 Å². The molecule has 0 unspecified atom stereocenters. The highest BCUT2D eigenvalue weighted by Gasteiger charge is 2.38. The standard InChI is InChI=1S/2C29H31F3N2O.CH4O.2ClH/c2*30-29(31,32)25-14-12-24(13-15-25)28(35)16-20-33(21-17-28)18-5-19-34-26-8-3-1-6-22(26)10-11-23-7-2-4-9-27(23)34;1-2;;/h2*1-4,6-9,12-15,35H,5,10-11,16-21H2;2H,1H3;2*1H. The molecule has 4 heterocycles. The number of para-hydroxylation sites is 4. The van der Waals surface area contributed by atoms with Gasteiger partial charge in [0.1, 0.15) is 0 Å². The Kier molecular flexibility index (Phi) is 20.1. The van der Waals surface area contributed by atoms with Crippen LogP contribution in [0.15, 0.2) is 146 Å². The number of alkyl halides is 6. The molecule has 0 amide bonds. The Balaban J connectivity index is 0.000000227. The fourth-order valence-electron chi connectivity index (χ4n) is 10.9. The van der Waals surface area contributed by atoms with E-state index in [1.807, 2.05) is 0 Å². The third-order valence-electron chi connectivity index (χ3n) is 15.0. The lowest BCUT2D eigenvalue weighted by molar-refractivity contribution is -0.138. The van der Waals surface area contributed by atoms with Gasteiger partial charge in [-0.1, -0.05) is 97.1 Å². The molecule has 0 bridgehead atoms. The van der Waals surface area contributed by atoms with Crippen LogP contribution >= 0.6 is 24.8 Å². The molecule has 0 saturated carbocycles. The molecule has 74 heavy (non-hydrogen) atoms. The van der Waals surface area contributed by atoms with Crippen molar-refractivity contribution in [2.45, 2.75) is 87.8 Å². The van der Waals surface area contributed by atoms with Crippen LogP contribution in [0, 0.1) is 0 Å². The fourth-order valence-corrected chi connectivity index (χ4v) is 10.9. The van der Waals surface area contributed by atoms with Gasteiger partial charge >= 0.3 is 12.4 Å². The molecule has 10 rings (SSSR count). The van der Waals surface area contributed by atoms with Crippen molar-refractivity contribution in [3.63, 3.8) is 0 Å². The van der Waals surface area contributed by atoms with Gasteiger partial charge < -0.3 is 34.9 Å². The minimum atomic E-state index is -4.36. The van der Waals surface area contributed by atoms with Crippen LogP contribution in [0.3, 0.4) is 0 Å². The van der Waals surface area contributed by atoms with E-state index in [1.165, 1.54) is 69.3 Å². The van der Waals surface area contributed by atoms with Crippen molar-refractivity contribution in [3.05, 3.63) is 190 Å². The maximum Gasteiger partial charge on any atom is 0.416 e. The summed E-state index contributed by atoms with van der Waals surface area (Å²) in [5, 5.41) is 29.2. The number of hydrogen-bond acceptors (Lipinski definition) is 7. The molecular formula is C59H68Cl2F6N4O3. The van der Waals surface area contributed by atoms with Crippen LogP contribution in [0.25, 0.3) is 0 Å². The van der Waals surface area contributed by atoms with E-state index in [2.05, 4.69) is 117 Å². The molecular weight excluding hydrogens is 998 g/mol. The van der Waals surface area contributed by atoms with Crippen LogP contribution in [0.4, 0.5) is 49.1 Å². The third-order valence-corrected chi connectivity index (χ3v) is 15.0. The summed E-state index contributed by atoms with van der Waals surface area (Å²) in [6.45, 7) is 6.57. The monoisotopic (exact) mass is 1060 g/mol. The number of benzene rings is 6. The van der Waals surface area contributed by atoms with Crippen LogP contribution in [0.2, 0.25) is 0 Å². The number of piperidine rings is 2. The number of aliphatic hydroxyl groups is 3. The zero-order chi connectivity index (χ0) is 50.9. The average Bonchev–Trinajstić information content (AvgIpc) is 3.66. The van der Waals surface area contributed by atoms with Crippen molar-refractivity contribution in [1.29, 1.82) is 0 Å². The minimum Gasteiger partial charge on any atom is -0.400 e. The van der Waals surface area contributed by atoms with Gasteiger partial charge in [-0.05, 0) is 159 Å². The number of anilines is 4. The van der Waals surface area contributed by atoms with E-state index < -0.39 is 34.7 Å². The summed E-state index contributed by atoms with van der Waals surface area (Å²) in [5.74, 6) is 0. The maximum atomic E-state index is 12.9. The summed E-state index contributed by atoms with van der Waals surface area (Å²) < 4.78 is 77.3. The number of aliphatic hydroxyl groups excluding tert-OH is 1. The minimum absolute atomic E-state index is 0. The second-order valence-corrected chi connectivity index (χ2v) is 19.4. The first-order valence-corrected chi connectivity index (χ1v) is 25.2. The first-order valence-electron chi connectivity index (χ1n) is 25.2. The number of likely N-dealkylation sites (tertiary alicyclic amines) is 2. The number of aryl methyl sites for hydroxylation is 4. The Hall–Kier alpha value is -5.12. The molecule has 0 atom stereocenters. The lowest BCUT2D eigenvalue weighted by Gasteiger charge is -2.39. The number of nitrogens with zero attached hydrogens (tertiary/aromatic N) is 4. The topological polar surface area (TPSA) is 73.6 Å². The van der Waals surface area contributed by atoms with E-state index >= 15 is 0 Å². The van der Waals surface area contributed by atoms with E-state index in [9.17, 15) is 36.6 Å². The number of rotatable bonds is 10. The quantitative estimate of drug-likeness (QED) is 0.118. The smallest absolute Gasteiger partial charge is 0.400 e. The second kappa shape index (κ2) is 25.6. The van der Waals surface area contributed by atoms with Crippen molar-refractivity contribution >= 4 is 47.6 Å². The molecule has 0 spiro atoms. The first-order chi connectivity index (χ1) is 34.7. The zero-order valence-corrected chi connectivity index (χ0v) is 43.4. The Morgan fingerprint density at radius 1 is 0.392 bits per heavy atom. The molecule has 0 radical (unpaired) electrons. The molecule has 7 nitrogen and oxygen atoms in total. The van der Waals surface area contributed by atoms with Crippen molar-refractivity contribution in [1.82, 2.24) is 9.80 Å². The lowest BCUT2D eigenvalue weighted by Crippen LogP contribution is -2.43. The summed E-state index contributed by atoms with van der Waals surface area (Å²) in [4.78, 5) is 9.60. The molecule has 2 saturated heterocycles. The van der Waals surface area contributed by atoms with E-state index in [1.54, 1.807) is 0 Å². The van der Waals surface area contributed by atoms with Crippen molar-refractivity contribution < 1.29 is 41.7 Å². The van der Waals surface area contributed by atoms with Crippen molar-refractivity contribution in [2.24, 2.45) is 0 Å². The van der Waals surface area contributed by atoms with Gasteiger partial charge in [0.05, 0.1) is 22.3 Å². The van der Waals surface area contributed by atoms with Crippen LogP contribution in [0.5, 0.6) is 0 Å². The summed E-state index contributed by atoms with van der Waals surface area (Å²) in [6, 6.07) is 44.5. The molecule has 6 aromatic rings. The molecule has 4 aliphatic rings. The lowest BCUT2D eigenvalue weighted by atomic mass is 9.84. The van der Waals surface area contributed by atoms with Gasteiger partial charge in [0.15, 0.2) is 0 Å². The number of hydrogen-bond donors (Lipinski definition) is 3. The molecule has 0 aromatic heterocycles. The van der Waals surface area contributed by atoms with Crippen molar-refractivity contribution in [2.75, 3.05) is 69.3 Å². The second-order valence-electron chi connectivity index (χ2n) is 19.4. The molecule has 0 aliphatic carbocycles. The predicted molar refractivity (Wildman–Crippen MR) is 288 cm³/mol. The maximum absolute atomic E-state index is 12.9. The molecule has 15 heteroatoms. The summed E-state index contributed by atoms with van der Waals surface area (Å²) >= 11 is 0. The molecule has 398 valence electrons. The molecule has 4 aliphatic heterocycles. The molecule has 6 aromatic carbocycles. The van der Waals surface area contributed by atoms with Gasteiger partial charge in [0.25, 0.3) is 0 Å². The first kappa shape index (κ1) is 58.1.